The van der Waals surface area contributed by atoms with Crippen LogP contribution >= 0.6 is 0 Å². The molecular formula is C13H13N3O2. The van der Waals surface area contributed by atoms with Crippen LogP contribution in [0.3, 0.4) is 0 Å². The molecule has 0 saturated carbocycles. The van der Waals surface area contributed by atoms with Gasteiger partial charge in [0.05, 0.1) is 17.1 Å². The van der Waals surface area contributed by atoms with E-state index in [0.717, 1.165) is 16.6 Å². The molecule has 3 rings (SSSR count). The molecule has 92 valence electrons. The van der Waals surface area contributed by atoms with Gasteiger partial charge in [0.1, 0.15) is 0 Å². The van der Waals surface area contributed by atoms with E-state index in [0.29, 0.717) is 12.8 Å². The molecule has 1 saturated heterocycles. The van der Waals surface area contributed by atoms with Crippen LogP contribution < -0.4 is 5.32 Å². The molecule has 1 aliphatic rings. The number of piperidine rings is 1. The van der Waals surface area contributed by atoms with Crippen LogP contribution in [0.4, 0.5) is 0 Å². The van der Waals surface area contributed by atoms with Gasteiger partial charge in [0.15, 0.2) is 0 Å². The summed E-state index contributed by atoms with van der Waals surface area (Å²) in [5, 5.41) is 7.79. The summed E-state index contributed by atoms with van der Waals surface area (Å²) < 4.78 is 1.77. The maximum Gasteiger partial charge on any atom is 0.235 e. The molecule has 2 amide bonds. The third kappa shape index (κ3) is 1.59. The number of nitrogens with zero attached hydrogens (tertiary/aromatic N) is 2. The first-order valence-corrected chi connectivity index (χ1v) is 5.92. The lowest BCUT2D eigenvalue weighted by Crippen LogP contribution is -2.39. The van der Waals surface area contributed by atoms with Crippen molar-refractivity contribution < 1.29 is 9.59 Å². The van der Waals surface area contributed by atoms with Crippen LogP contribution in [-0.2, 0) is 16.6 Å². The molecular weight excluding hydrogens is 230 g/mol. The molecule has 5 heteroatoms. The quantitative estimate of drug-likeness (QED) is 0.763. The first-order valence-electron chi connectivity index (χ1n) is 5.92. The van der Waals surface area contributed by atoms with Crippen molar-refractivity contribution >= 4 is 22.7 Å². The lowest BCUT2D eigenvalue weighted by atomic mass is 9.93. The first kappa shape index (κ1) is 11.0. The Morgan fingerprint density at radius 1 is 1.33 bits per heavy atom. The highest BCUT2D eigenvalue weighted by Crippen LogP contribution is 2.29. The summed E-state index contributed by atoms with van der Waals surface area (Å²) >= 11 is 0. The van der Waals surface area contributed by atoms with Gasteiger partial charge >= 0.3 is 0 Å². The largest absolute Gasteiger partial charge is 0.296 e. The van der Waals surface area contributed by atoms with Crippen molar-refractivity contribution in [3.05, 3.63) is 30.0 Å². The summed E-state index contributed by atoms with van der Waals surface area (Å²) in [6, 6.07) is 7.80. The fourth-order valence-corrected chi connectivity index (χ4v) is 2.45. The van der Waals surface area contributed by atoms with Crippen molar-refractivity contribution in [1.82, 2.24) is 15.1 Å². The van der Waals surface area contributed by atoms with E-state index in [-0.39, 0.29) is 17.7 Å². The number of carbonyl (C=O) groups excluding carboxylic acids is 2. The van der Waals surface area contributed by atoms with Gasteiger partial charge in [0.25, 0.3) is 0 Å². The van der Waals surface area contributed by atoms with Crippen LogP contribution in [-0.4, -0.2) is 21.6 Å². The predicted octanol–water partition coefficient (Wildman–Crippen LogP) is 1.09. The van der Waals surface area contributed by atoms with E-state index >= 15 is 0 Å². The highest BCUT2D eigenvalue weighted by Gasteiger charge is 2.31. The Kier molecular flexibility index (Phi) is 2.40. The number of aromatic nitrogens is 2. The highest BCUT2D eigenvalue weighted by molar-refractivity contribution is 6.02. The van der Waals surface area contributed by atoms with Crippen LogP contribution in [0.1, 0.15) is 24.5 Å². The molecule has 18 heavy (non-hydrogen) atoms. The van der Waals surface area contributed by atoms with Crippen molar-refractivity contribution in [3.8, 4) is 0 Å². The van der Waals surface area contributed by atoms with Crippen molar-refractivity contribution in [2.24, 2.45) is 7.05 Å². The van der Waals surface area contributed by atoms with Gasteiger partial charge in [0.2, 0.25) is 11.8 Å². The lowest BCUT2D eigenvalue weighted by molar-refractivity contribution is -0.134. The Bertz CT molecular complexity index is 645. The summed E-state index contributed by atoms with van der Waals surface area (Å²) in [5.41, 5.74) is 1.76. The third-order valence-corrected chi connectivity index (χ3v) is 3.36. The topological polar surface area (TPSA) is 64.0 Å². The number of fused-ring (bicyclic) bond motifs is 1. The normalized spacial score (nSPS) is 20.2. The van der Waals surface area contributed by atoms with Gasteiger partial charge in [-0.3, -0.25) is 19.6 Å². The van der Waals surface area contributed by atoms with Gasteiger partial charge in [-0.25, -0.2) is 0 Å². The molecule has 5 nitrogen and oxygen atoms in total. The zero-order chi connectivity index (χ0) is 12.7. The second-order valence-electron chi connectivity index (χ2n) is 4.53. The molecule has 1 N–H and O–H groups in total. The third-order valence-electron chi connectivity index (χ3n) is 3.36. The number of benzene rings is 1. The number of carbonyl (C=O) groups is 2. The highest BCUT2D eigenvalue weighted by atomic mass is 16.2. The number of nitrogens with one attached hydrogen (secondary N) is 1. The molecule has 0 radical (unpaired) electrons. The Balaban J connectivity index is 2.09. The van der Waals surface area contributed by atoms with Gasteiger partial charge in [-0.2, -0.15) is 5.10 Å². The summed E-state index contributed by atoms with van der Waals surface area (Å²) in [6.45, 7) is 0. The molecule has 2 aromatic rings. The van der Waals surface area contributed by atoms with Crippen LogP contribution in [0.5, 0.6) is 0 Å². The minimum atomic E-state index is -0.325. The number of hydrogen-bond acceptors (Lipinski definition) is 3. The number of para-hydroxylation sites is 1. The fraction of sp³-hybridized carbons (Fsp3) is 0.308. The van der Waals surface area contributed by atoms with E-state index in [9.17, 15) is 9.59 Å². The second kappa shape index (κ2) is 3.94. The van der Waals surface area contributed by atoms with E-state index in [1.54, 1.807) is 4.68 Å². The zero-order valence-electron chi connectivity index (χ0n) is 10.0. The number of amides is 2. The van der Waals surface area contributed by atoms with Crippen molar-refractivity contribution in [2.45, 2.75) is 18.8 Å². The molecule has 0 unspecified atom stereocenters. The minimum absolute atomic E-state index is 0.198. The van der Waals surface area contributed by atoms with Gasteiger partial charge in [-0.1, -0.05) is 18.2 Å². The van der Waals surface area contributed by atoms with Gasteiger partial charge < -0.3 is 0 Å². The number of hydrogen-bond donors (Lipinski definition) is 1. The average molecular weight is 243 g/mol. The molecule has 0 spiro atoms. The number of aryl methyl sites for hydroxylation is 1. The van der Waals surface area contributed by atoms with Gasteiger partial charge in [-0.15, -0.1) is 0 Å². The SMILES string of the molecule is Cn1nc([C@@H]2CCC(=O)NC2=O)c2ccccc21. The van der Waals surface area contributed by atoms with E-state index < -0.39 is 0 Å². The van der Waals surface area contributed by atoms with E-state index in [1.807, 2.05) is 31.3 Å². The second-order valence-corrected chi connectivity index (χ2v) is 4.53. The van der Waals surface area contributed by atoms with E-state index in [2.05, 4.69) is 10.4 Å². The van der Waals surface area contributed by atoms with Crippen LogP contribution in [0.15, 0.2) is 24.3 Å². The van der Waals surface area contributed by atoms with Gasteiger partial charge in [-0.05, 0) is 12.5 Å². The van der Waals surface area contributed by atoms with Gasteiger partial charge in [0, 0.05) is 18.9 Å². The minimum Gasteiger partial charge on any atom is -0.296 e. The molecule has 1 aromatic carbocycles. The van der Waals surface area contributed by atoms with Crippen LogP contribution in [0, 0.1) is 0 Å². The number of imide groups is 1. The Morgan fingerprint density at radius 2 is 2.11 bits per heavy atom. The van der Waals surface area contributed by atoms with Crippen LogP contribution in [0.25, 0.3) is 10.9 Å². The molecule has 1 aliphatic heterocycles. The van der Waals surface area contributed by atoms with E-state index in [1.165, 1.54) is 0 Å². The van der Waals surface area contributed by atoms with E-state index in [4.69, 9.17) is 0 Å². The maximum atomic E-state index is 11.9. The monoisotopic (exact) mass is 243 g/mol. The molecule has 1 aromatic heterocycles. The summed E-state index contributed by atoms with van der Waals surface area (Å²) in [4.78, 5) is 23.0. The lowest BCUT2D eigenvalue weighted by Gasteiger charge is -2.19. The molecule has 0 bridgehead atoms. The molecule has 1 atom stereocenters. The van der Waals surface area contributed by atoms with Crippen LogP contribution in [0.2, 0.25) is 0 Å². The summed E-state index contributed by atoms with van der Waals surface area (Å²) in [7, 11) is 1.86. The summed E-state index contributed by atoms with van der Waals surface area (Å²) in [6.07, 6.45) is 0.910. The maximum absolute atomic E-state index is 11.9. The smallest absolute Gasteiger partial charge is 0.235 e. The summed E-state index contributed by atoms with van der Waals surface area (Å²) in [5.74, 6) is -0.764. The zero-order valence-corrected chi connectivity index (χ0v) is 10.0. The average Bonchev–Trinajstić information content (AvgIpc) is 2.68. The van der Waals surface area contributed by atoms with Crippen molar-refractivity contribution in [3.63, 3.8) is 0 Å². The predicted molar refractivity (Wildman–Crippen MR) is 65.8 cm³/mol. The Labute approximate surface area is 104 Å². The molecule has 1 fully saturated rings. The Morgan fingerprint density at radius 3 is 2.89 bits per heavy atom. The number of rotatable bonds is 1. The standard InChI is InChI=1S/C13H13N3O2/c1-16-10-5-3-2-4-8(10)12(15-16)9-6-7-11(17)14-13(9)18/h2-5,9H,6-7H2,1H3,(H,14,17,18)/t9-/m0/s1. The van der Waals surface area contributed by atoms with Crippen molar-refractivity contribution in [1.29, 1.82) is 0 Å². The molecule has 2 heterocycles. The first-order chi connectivity index (χ1) is 8.66. The molecule has 0 aliphatic carbocycles. The Hall–Kier alpha value is -2.17. The van der Waals surface area contributed by atoms with Crippen molar-refractivity contribution in [2.75, 3.05) is 0 Å². The fourth-order valence-electron chi connectivity index (χ4n) is 2.45.